The van der Waals surface area contributed by atoms with Crippen molar-refractivity contribution in [3.05, 3.63) is 11.6 Å². The summed E-state index contributed by atoms with van der Waals surface area (Å²) in [7, 11) is 0. The lowest BCUT2D eigenvalue weighted by Gasteiger charge is -2.65. The van der Waals surface area contributed by atoms with E-state index in [1.165, 1.54) is 51.4 Å². The summed E-state index contributed by atoms with van der Waals surface area (Å²) in [6.45, 7) is 4.50. The highest BCUT2D eigenvalue weighted by Crippen LogP contribution is 2.64. The molecule has 1 aliphatic heterocycles. The van der Waals surface area contributed by atoms with Crippen LogP contribution in [0, 0.1) is 23.2 Å². The molecule has 1 spiro atoms. The first-order chi connectivity index (χ1) is 10.0. The van der Waals surface area contributed by atoms with Gasteiger partial charge in [0.2, 0.25) is 5.91 Å². The average molecular weight is 287 g/mol. The fourth-order valence-corrected chi connectivity index (χ4v) is 6.45. The monoisotopic (exact) mass is 287 g/mol. The maximum atomic E-state index is 12.6. The normalized spacial score (nSPS) is 51.8. The van der Waals surface area contributed by atoms with Gasteiger partial charge in [-0.15, -0.1) is 0 Å². The van der Waals surface area contributed by atoms with Gasteiger partial charge < -0.3 is 5.32 Å². The molecule has 1 N–H and O–H groups in total. The zero-order valence-electron chi connectivity index (χ0n) is 13.6. The summed E-state index contributed by atoms with van der Waals surface area (Å²) in [6, 6.07) is 0. The minimum Gasteiger partial charge on any atom is -0.346 e. The third-order valence-electron chi connectivity index (χ3n) is 7.15. The molecule has 2 heteroatoms. The Morgan fingerprint density at radius 2 is 1.86 bits per heavy atom. The first-order valence-corrected chi connectivity index (χ1v) is 9.00. The van der Waals surface area contributed by atoms with Crippen LogP contribution in [0.25, 0.3) is 0 Å². The van der Waals surface area contributed by atoms with Crippen molar-refractivity contribution >= 4 is 5.91 Å². The molecule has 0 aromatic heterocycles. The minimum atomic E-state index is 0.132. The van der Waals surface area contributed by atoms with Crippen LogP contribution < -0.4 is 5.32 Å². The van der Waals surface area contributed by atoms with Crippen LogP contribution in [-0.2, 0) is 4.79 Å². The number of hydrogen-bond acceptors (Lipinski definition) is 1. The SMILES string of the molecule is C/C1=C/CCCCC2(NC1=O)C1CC3CC2CC(C)(C3)C1. The van der Waals surface area contributed by atoms with Crippen molar-refractivity contribution in [2.24, 2.45) is 23.2 Å². The van der Waals surface area contributed by atoms with Crippen LogP contribution in [0.2, 0.25) is 0 Å². The molecule has 4 bridgehead atoms. The van der Waals surface area contributed by atoms with Crippen molar-refractivity contribution in [2.45, 2.75) is 77.2 Å². The van der Waals surface area contributed by atoms with E-state index in [0.717, 1.165) is 29.7 Å². The summed E-state index contributed by atoms with van der Waals surface area (Å²) >= 11 is 0. The summed E-state index contributed by atoms with van der Waals surface area (Å²) in [5.41, 5.74) is 1.65. The third-order valence-corrected chi connectivity index (χ3v) is 7.15. The van der Waals surface area contributed by atoms with Gasteiger partial charge in [0, 0.05) is 11.1 Å². The Labute approximate surface area is 128 Å². The molecule has 0 aromatic rings. The van der Waals surface area contributed by atoms with Gasteiger partial charge in [-0.1, -0.05) is 19.4 Å². The molecule has 2 unspecified atom stereocenters. The number of allylic oxidation sites excluding steroid dienone is 1. The standard InChI is InChI=1S/C19H29NO/c1-13-6-4-3-5-7-19(20-17(13)21)15-8-14-9-16(19)12-18(2,10-14)11-15/h6,14-16H,3-5,7-12H2,1-2H3,(H,20,21)/b13-6-. The molecule has 5 aliphatic rings. The van der Waals surface area contributed by atoms with Crippen LogP contribution >= 0.6 is 0 Å². The molecule has 21 heavy (non-hydrogen) atoms. The second-order valence-electron chi connectivity index (χ2n) is 8.78. The van der Waals surface area contributed by atoms with Gasteiger partial charge in [0.05, 0.1) is 0 Å². The van der Waals surface area contributed by atoms with Crippen LogP contribution in [0.3, 0.4) is 0 Å². The number of carbonyl (C=O) groups is 1. The number of carbonyl (C=O) groups excluding carboxylic acids is 1. The third kappa shape index (κ3) is 2.09. The average Bonchev–Trinajstić information content (AvgIpc) is 2.47. The van der Waals surface area contributed by atoms with Gasteiger partial charge in [0.1, 0.15) is 0 Å². The van der Waals surface area contributed by atoms with Crippen LogP contribution in [0.15, 0.2) is 11.6 Å². The van der Waals surface area contributed by atoms with E-state index >= 15 is 0 Å². The zero-order valence-corrected chi connectivity index (χ0v) is 13.6. The van der Waals surface area contributed by atoms with E-state index in [9.17, 15) is 4.79 Å². The number of nitrogens with one attached hydrogen (secondary N) is 1. The first-order valence-electron chi connectivity index (χ1n) is 9.00. The van der Waals surface area contributed by atoms with E-state index in [1.807, 2.05) is 6.92 Å². The van der Waals surface area contributed by atoms with Crippen molar-refractivity contribution in [2.75, 3.05) is 0 Å². The molecule has 4 fully saturated rings. The molecule has 0 saturated heterocycles. The maximum Gasteiger partial charge on any atom is 0.247 e. The van der Waals surface area contributed by atoms with Crippen LogP contribution in [0.1, 0.15) is 71.6 Å². The fourth-order valence-electron chi connectivity index (χ4n) is 6.45. The van der Waals surface area contributed by atoms with Gasteiger partial charge in [-0.2, -0.15) is 0 Å². The summed E-state index contributed by atoms with van der Waals surface area (Å²) in [5.74, 6) is 2.64. The highest BCUT2D eigenvalue weighted by Gasteiger charge is 2.60. The lowest BCUT2D eigenvalue weighted by atomic mass is 9.43. The highest BCUT2D eigenvalue weighted by atomic mass is 16.1. The molecule has 2 atom stereocenters. The van der Waals surface area contributed by atoms with Crippen LogP contribution in [0.5, 0.6) is 0 Å². The second kappa shape index (κ2) is 4.60. The van der Waals surface area contributed by atoms with Crippen molar-refractivity contribution < 1.29 is 4.79 Å². The molecule has 4 aliphatic carbocycles. The Hall–Kier alpha value is -0.790. The fraction of sp³-hybridized carbons (Fsp3) is 0.842. The predicted molar refractivity (Wildman–Crippen MR) is 84.8 cm³/mol. The van der Waals surface area contributed by atoms with E-state index in [0.29, 0.717) is 5.41 Å². The second-order valence-corrected chi connectivity index (χ2v) is 8.78. The first kappa shape index (κ1) is 13.8. The molecule has 0 radical (unpaired) electrons. The number of hydrogen-bond donors (Lipinski definition) is 1. The van der Waals surface area contributed by atoms with Crippen LogP contribution in [0.4, 0.5) is 0 Å². The number of rotatable bonds is 0. The highest BCUT2D eigenvalue weighted by molar-refractivity contribution is 5.93. The Morgan fingerprint density at radius 1 is 1.14 bits per heavy atom. The molecule has 5 rings (SSSR count). The Balaban J connectivity index is 1.69. The topological polar surface area (TPSA) is 29.1 Å². The lowest BCUT2D eigenvalue weighted by Crippen LogP contribution is -2.67. The molecule has 1 amide bonds. The summed E-state index contributed by atoms with van der Waals surface area (Å²) in [5, 5.41) is 3.58. The zero-order chi connectivity index (χ0) is 14.7. The molecule has 2 nitrogen and oxygen atoms in total. The molecular formula is C19H29NO. The Morgan fingerprint density at radius 3 is 2.52 bits per heavy atom. The van der Waals surface area contributed by atoms with E-state index in [2.05, 4.69) is 18.3 Å². The van der Waals surface area contributed by atoms with E-state index in [4.69, 9.17) is 0 Å². The van der Waals surface area contributed by atoms with Gasteiger partial charge in [0.25, 0.3) is 0 Å². The Bertz CT molecular complexity index is 476. The molecule has 0 aromatic carbocycles. The molecular weight excluding hydrogens is 258 g/mol. The smallest absolute Gasteiger partial charge is 0.247 e. The summed E-state index contributed by atoms with van der Waals surface area (Å²) in [4.78, 5) is 12.6. The largest absolute Gasteiger partial charge is 0.346 e. The van der Waals surface area contributed by atoms with Crippen molar-refractivity contribution in [1.29, 1.82) is 0 Å². The van der Waals surface area contributed by atoms with Crippen molar-refractivity contribution in [3.8, 4) is 0 Å². The van der Waals surface area contributed by atoms with Gasteiger partial charge in [-0.25, -0.2) is 0 Å². The predicted octanol–water partition coefficient (Wildman–Crippen LogP) is 4.21. The van der Waals surface area contributed by atoms with Gasteiger partial charge in [-0.05, 0) is 81.5 Å². The van der Waals surface area contributed by atoms with Crippen LogP contribution in [-0.4, -0.2) is 11.4 Å². The Kier molecular flexibility index (Phi) is 3.03. The minimum absolute atomic E-state index is 0.132. The van der Waals surface area contributed by atoms with Crippen molar-refractivity contribution in [3.63, 3.8) is 0 Å². The van der Waals surface area contributed by atoms with E-state index in [1.54, 1.807) is 0 Å². The molecule has 116 valence electrons. The van der Waals surface area contributed by atoms with Gasteiger partial charge in [0.15, 0.2) is 0 Å². The van der Waals surface area contributed by atoms with Gasteiger partial charge in [-0.3, -0.25) is 4.79 Å². The van der Waals surface area contributed by atoms with Crippen molar-refractivity contribution in [1.82, 2.24) is 5.32 Å². The maximum absolute atomic E-state index is 12.6. The summed E-state index contributed by atoms with van der Waals surface area (Å²) in [6.07, 6.45) is 13.8. The summed E-state index contributed by atoms with van der Waals surface area (Å²) < 4.78 is 0. The molecule has 4 saturated carbocycles. The van der Waals surface area contributed by atoms with Gasteiger partial charge >= 0.3 is 0 Å². The number of amides is 1. The van der Waals surface area contributed by atoms with E-state index < -0.39 is 0 Å². The van der Waals surface area contributed by atoms with E-state index in [-0.39, 0.29) is 11.4 Å². The lowest BCUT2D eigenvalue weighted by molar-refractivity contribution is -0.139. The molecule has 1 heterocycles. The quantitative estimate of drug-likeness (QED) is 0.710.